The Kier molecular flexibility index (Phi) is 12.4. The Morgan fingerprint density at radius 1 is 1.07 bits per heavy atom. The van der Waals surface area contributed by atoms with Crippen LogP contribution in [0.25, 0.3) is 0 Å². The van der Waals surface area contributed by atoms with Crippen LogP contribution >= 0.6 is 0 Å². The molecule has 0 amide bonds. The molecule has 1 aromatic rings. The van der Waals surface area contributed by atoms with E-state index in [1.165, 1.54) is 24.3 Å². The van der Waals surface area contributed by atoms with Gasteiger partial charge >= 0.3 is 5.97 Å². The van der Waals surface area contributed by atoms with Crippen molar-refractivity contribution in [2.45, 2.75) is 51.7 Å². The summed E-state index contributed by atoms with van der Waals surface area (Å²) < 4.78 is 11.0. The van der Waals surface area contributed by atoms with E-state index in [2.05, 4.69) is 19.1 Å². The van der Waals surface area contributed by atoms with E-state index in [9.17, 15) is 15.0 Å². The molecule has 0 aromatic heterocycles. The van der Waals surface area contributed by atoms with Crippen molar-refractivity contribution >= 4 is 5.97 Å². The topological polar surface area (TPSA) is 76.0 Å². The van der Waals surface area contributed by atoms with E-state index in [1.807, 2.05) is 24.3 Å². The number of aromatic hydroxyl groups is 1. The number of benzene rings is 1. The molecular formula is C23H32O5. The van der Waals surface area contributed by atoms with Crippen LogP contribution in [-0.4, -0.2) is 41.6 Å². The highest BCUT2D eigenvalue weighted by molar-refractivity contribution is 5.89. The summed E-state index contributed by atoms with van der Waals surface area (Å²) in [6, 6.07) is 5.76. The second-order valence-corrected chi connectivity index (χ2v) is 6.42. The maximum atomic E-state index is 12.1. The van der Waals surface area contributed by atoms with Crippen LogP contribution in [0.2, 0.25) is 0 Å². The van der Waals surface area contributed by atoms with Gasteiger partial charge in [-0.1, -0.05) is 49.8 Å². The molecular weight excluding hydrogens is 356 g/mol. The fraction of sp³-hybridized carbons (Fsp3) is 0.435. The predicted octanol–water partition coefficient (Wildman–Crippen LogP) is 4.56. The third-order valence-electron chi connectivity index (χ3n) is 4.02. The molecule has 1 rings (SSSR count). The van der Waals surface area contributed by atoms with Gasteiger partial charge in [0, 0.05) is 6.61 Å². The van der Waals surface area contributed by atoms with Gasteiger partial charge < -0.3 is 19.7 Å². The highest BCUT2D eigenvalue weighted by atomic mass is 16.6. The molecule has 5 nitrogen and oxygen atoms in total. The van der Waals surface area contributed by atoms with Crippen molar-refractivity contribution in [3.05, 3.63) is 66.3 Å². The Hall–Kier alpha value is -2.37. The molecule has 0 heterocycles. The first-order valence-electron chi connectivity index (χ1n) is 9.79. The highest BCUT2D eigenvalue weighted by Gasteiger charge is 2.22. The Morgan fingerprint density at radius 2 is 1.71 bits per heavy atom. The van der Waals surface area contributed by atoms with Gasteiger partial charge in [0.1, 0.15) is 5.75 Å². The molecule has 1 aromatic carbocycles. The molecule has 0 saturated carbocycles. The minimum atomic E-state index is -0.741. The van der Waals surface area contributed by atoms with Gasteiger partial charge in [-0.3, -0.25) is 0 Å². The minimum Gasteiger partial charge on any atom is -0.508 e. The van der Waals surface area contributed by atoms with Gasteiger partial charge in [-0.05, 0) is 50.5 Å². The molecule has 154 valence electrons. The summed E-state index contributed by atoms with van der Waals surface area (Å²) in [4.78, 5) is 12.1. The number of esters is 1. The van der Waals surface area contributed by atoms with Gasteiger partial charge in [0.05, 0.1) is 18.3 Å². The highest BCUT2D eigenvalue weighted by Crippen LogP contribution is 2.13. The number of phenolic OH excluding ortho intramolecular Hbond substituents is 1. The Bertz CT molecular complexity index is 631. The fourth-order valence-corrected chi connectivity index (χ4v) is 2.31. The first kappa shape index (κ1) is 23.7. The first-order valence-corrected chi connectivity index (χ1v) is 9.79. The number of allylic oxidation sites excluding steroid dienone is 6. The lowest BCUT2D eigenvalue weighted by atomic mass is 10.2. The van der Waals surface area contributed by atoms with Crippen LogP contribution in [0.1, 0.15) is 49.9 Å². The molecule has 0 spiro atoms. The third kappa shape index (κ3) is 10.1. The lowest BCUT2D eigenvalue weighted by Crippen LogP contribution is -2.34. The van der Waals surface area contributed by atoms with Crippen LogP contribution in [0, 0.1) is 0 Å². The number of rotatable bonds is 13. The smallest absolute Gasteiger partial charge is 0.338 e. The van der Waals surface area contributed by atoms with E-state index in [0.717, 1.165) is 25.7 Å². The van der Waals surface area contributed by atoms with Gasteiger partial charge in [0.15, 0.2) is 6.10 Å². The molecule has 0 radical (unpaired) electrons. The van der Waals surface area contributed by atoms with Crippen LogP contribution in [0.3, 0.4) is 0 Å². The largest absolute Gasteiger partial charge is 0.508 e. The van der Waals surface area contributed by atoms with Crippen molar-refractivity contribution < 1.29 is 24.5 Å². The zero-order valence-electron chi connectivity index (χ0n) is 16.8. The molecule has 2 atom stereocenters. The van der Waals surface area contributed by atoms with Crippen molar-refractivity contribution in [2.75, 3.05) is 13.2 Å². The number of hydrogen-bond donors (Lipinski definition) is 2. The minimum absolute atomic E-state index is 0.0736. The molecule has 5 heteroatoms. The molecule has 0 saturated heterocycles. The summed E-state index contributed by atoms with van der Waals surface area (Å²) in [5.41, 5.74) is 0.311. The maximum absolute atomic E-state index is 12.1. The molecule has 28 heavy (non-hydrogen) atoms. The zero-order chi connectivity index (χ0) is 20.6. The summed E-state index contributed by atoms with van der Waals surface area (Å²) >= 11 is 0. The monoisotopic (exact) mass is 388 g/mol. The van der Waals surface area contributed by atoms with Gasteiger partial charge in [-0.2, -0.15) is 0 Å². The van der Waals surface area contributed by atoms with Crippen molar-refractivity contribution in [2.24, 2.45) is 0 Å². The molecule has 0 aliphatic rings. The quantitative estimate of drug-likeness (QED) is 0.294. The SMILES string of the molecule is CCC/C=C/C=C\C=C\CCCOC(C)[C@H](CO)OC(=O)c1ccc(O)cc1. The summed E-state index contributed by atoms with van der Waals surface area (Å²) in [7, 11) is 0. The summed E-state index contributed by atoms with van der Waals surface area (Å²) in [6.07, 6.45) is 15.1. The van der Waals surface area contributed by atoms with Crippen molar-refractivity contribution in [1.82, 2.24) is 0 Å². The fourth-order valence-electron chi connectivity index (χ4n) is 2.31. The second-order valence-electron chi connectivity index (χ2n) is 6.42. The molecule has 1 unspecified atom stereocenters. The van der Waals surface area contributed by atoms with Crippen LogP contribution < -0.4 is 0 Å². The van der Waals surface area contributed by atoms with Crippen molar-refractivity contribution in [3.8, 4) is 5.75 Å². The van der Waals surface area contributed by atoms with Gasteiger partial charge in [0.25, 0.3) is 0 Å². The summed E-state index contributed by atoms with van der Waals surface area (Å²) in [6.45, 7) is 4.12. The van der Waals surface area contributed by atoms with Crippen LogP contribution in [0.4, 0.5) is 0 Å². The van der Waals surface area contributed by atoms with Crippen molar-refractivity contribution in [3.63, 3.8) is 0 Å². The van der Waals surface area contributed by atoms with Crippen molar-refractivity contribution in [1.29, 1.82) is 0 Å². The van der Waals surface area contributed by atoms with Gasteiger partial charge in [0.2, 0.25) is 0 Å². The van der Waals surface area contributed by atoms with E-state index in [0.29, 0.717) is 12.2 Å². The number of aliphatic hydroxyl groups excluding tert-OH is 1. The number of ether oxygens (including phenoxy) is 2. The van der Waals surface area contributed by atoms with Crippen LogP contribution in [-0.2, 0) is 9.47 Å². The number of hydrogen-bond acceptors (Lipinski definition) is 5. The summed E-state index contributed by atoms with van der Waals surface area (Å²) in [5.74, 6) is -0.485. The average molecular weight is 389 g/mol. The summed E-state index contributed by atoms with van der Waals surface area (Å²) in [5, 5.41) is 18.8. The lowest BCUT2D eigenvalue weighted by molar-refractivity contribution is -0.0633. The molecule has 0 bridgehead atoms. The number of aliphatic hydroxyl groups is 1. The predicted molar refractivity (Wildman–Crippen MR) is 111 cm³/mol. The first-order chi connectivity index (χ1) is 13.6. The van der Waals surface area contributed by atoms with Gasteiger partial charge in [-0.25, -0.2) is 4.79 Å². The number of phenols is 1. The van der Waals surface area contributed by atoms with E-state index in [1.54, 1.807) is 6.92 Å². The third-order valence-corrected chi connectivity index (χ3v) is 4.02. The second kappa shape index (κ2) is 14.7. The van der Waals surface area contributed by atoms with Crippen LogP contribution in [0.15, 0.2) is 60.7 Å². The molecule has 0 aliphatic heterocycles. The van der Waals surface area contributed by atoms with E-state index in [4.69, 9.17) is 9.47 Å². The lowest BCUT2D eigenvalue weighted by Gasteiger charge is -2.22. The van der Waals surface area contributed by atoms with E-state index in [-0.39, 0.29) is 12.4 Å². The van der Waals surface area contributed by atoms with Crippen LogP contribution in [0.5, 0.6) is 5.75 Å². The average Bonchev–Trinajstić information content (AvgIpc) is 2.70. The Balaban J connectivity index is 2.27. The van der Waals surface area contributed by atoms with Gasteiger partial charge in [-0.15, -0.1) is 0 Å². The standard InChI is InChI=1S/C23H32O5/c1-3-4-5-6-7-8-9-10-11-12-17-27-19(2)22(18-24)28-23(26)20-13-15-21(25)16-14-20/h5-10,13-16,19,22,24-25H,3-4,11-12,17-18H2,1-2H3/b6-5+,8-7-,10-9+/t19?,22-/m0/s1. The van der Waals surface area contributed by atoms with E-state index >= 15 is 0 Å². The zero-order valence-corrected chi connectivity index (χ0v) is 16.8. The number of carbonyl (C=O) groups excluding carboxylic acids is 1. The maximum Gasteiger partial charge on any atom is 0.338 e. The molecule has 2 N–H and O–H groups in total. The normalized spacial score (nSPS) is 14.1. The number of unbranched alkanes of at least 4 members (excludes halogenated alkanes) is 2. The Morgan fingerprint density at radius 3 is 2.32 bits per heavy atom. The molecule has 0 aliphatic carbocycles. The van der Waals surface area contributed by atoms with E-state index < -0.39 is 18.2 Å². The Labute approximate surface area is 168 Å². The number of carbonyl (C=O) groups is 1. The molecule has 0 fully saturated rings.